The van der Waals surface area contributed by atoms with Gasteiger partial charge in [-0.15, -0.1) is 0 Å². The second kappa shape index (κ2) is 5.70. The number of rotatable bonds is 4. The highest BCUT2D eigenvalue weighted by Crippen LogP contribution is 2.51. The van der Waals surface area contributed by atoms with Crippen LogP contribution in [-0.4, -0.2) is 54.5 Å². The van der Waals surface area contributed by atoms with Crippen LogP contribution in [0.2, 0.25) is 0 Å². The fourth-order valence-electron chi connectivity index (χ4n) is 4.67. The lowest BCUT2D eigenvalue weighted by Crippen LogP contribution is -2.71. The molecule has 3 rings (SSSR count). The summed E-state index contributed by atoms with van der Waals surface area (Å²) in [5, 5.41) is 0. The van der Waals surface area contributed by atoms with Crippen LogP contribution in [0.3, 0.4) is 0 Å². The number of hydrogen-bond donors (Lipinski definition) is 0. The fraction of sp³-hybridized carbons (Fsp3) is 1.00. The summed E-state index contributed by atoms with van der Waals surface area (Å²) in [5.74, 6) is -0.500. The molecule has 2 heterocycles. The van der Waals surface area contributed by atoms with Gasteiger partial charge in [-0.3, -0.25) is 4.90 Å². The van der Waals surface area contributed by atoms with Gasteiger partial charge >= 0.3 is 0 Å². The van der Waals surface area contributed by atoms with Gasteiger partial charge in [0.1, 0.15) is 0 Å². The Balaban J connectivity index is 1.53. The minimum absolute atomic E-state index is 0.00198. The van der Waals surface area contributed by atoms with Crippen molar-refractivity contribution in [2.45, 2.75) is 58.9 Å². The lowest BCUT2D eigenvalue weighted by atomic mass is 9.67. The summed E-state index contributed by atoms with van der Waals surface area (Å²) in [6, 6.07) is 0.419. The number of halogens is 2. The molecule has 2 saturated heterocycles. The van der Waals surface area contributed by atoms with E-state index in [4.69, 9.17) is 0 Å². The van der Waals surface area contributed by atoms with Gasteiger partial charge in [-0.2, -0.15) is 0 Å². The zero-order valence-electron chi connectivity index (χ0n) is 14.6. The van der Waals surface area contributed by atoms with Crippen molar-refractivity contribution in [3.05, 3.63) is 0 Å². The van der Waals surface area contributed by atoms with Crippen molar-refractivity contribution in [3.8, 4) is 0 Å². The van der Waals surface area contributed by atoms with Crippen molar-refractivity contribution in [2.24, 2.45) is 23.2 Å². The zero-order chi connectivity index (χ0) is 16.1. The van der Waals surface area contributed by atoms with Crippen LogP contribution in [0.25, 0.3) is 0 Å². The average Bonchev–Trinajstić information content (AvgIpc) is 2.26. The van der Waals surface area contributed by atoms with Crippen molar-refractivity contribution < 1.29 is 8.78 Å². The predicted octanol–water partition coefficient (Wildman–Crippen LogP) is 3.72. The molecule has 2 nitrogen and oxygen atoms in total. The third kappa shape index (κ3) is 2.82. The van der Waals surface area contributed by atoms with Gasteiger partial charge < -0.3 is 4.90 Å². The lowest BCUT2D eigenvalue weighted by molar-refractivity contribution is -0.233. The molecule has 3 fully saturated rings. The molecule has 1 spiro atoms. The van der Waals surface area contributed by atoms with Gasteiger partial charge in [-0.05, 0) is 43.6 Å². The monoisotopic (exact) mass is 314 g/mol. The van der Waals surface area contributed by atoms with Gasteiger partial charge in [-0.1, -0.05) is 27.7 Å². The Labute approximate surface area is 134 Å². The highest BCUT2D eigenvalue weighted by Gasteiger charge is 2.63. The summed E-state index contributed by atoms with van der Waals surface area (Å²) in [5.41, 5.74) is -0.723. The molecule has 22 heavy (non-hydrogen) atoms. The molecule has 2 aliphatic heterocycles. The molecular weight excluding hydrogens is 282 g/mol. The third-order valence-electron chi connectivity index (χ3n) is 6.34. The Hall–Kier alpha value is -0.220. The third-order valence-corrected chi connectivity index (χ3v) is 6.34. The molecule has 0 radical (unpaired) electrons. The van der Waals surface area contributed by atoms with Crippen LogP contribution in [0.4, 0.5) is 8.78 Å². The summed E-state index contributed by atoms with van der Waals surface area (Å²) in [7, 11) is 0. The average molecular weight is 314 g/mol. The highest BCUT2D eigenvalue weighted by atomic mass is 19.3. The minimum Gasteiger partial charge on any atom is -0.301 e. The number of hydrogen-bond acceptors (Lipinski definition) is 2. The highest BCUT2D eigenvalue weighted by molar-refractivity contribution is 5.09. The Morgan fingerprint density at radius 3 is 2.18 bits per heavy atom. The van der Waals surface area contributed by atoms with Crippen LogP contribution in [-0.2, 0) is 0 Å². The molecule has 0 aromatic carbocycles. The Kier molecular flexibility index (Phi) is 4.31. The molecule has 4 heteroatoms. The maximum absolute atomic E-state index is 14.8. The largest absolute Gasteiger partial charge is 0.301 e. The molecule has 0 bridgehead atoms. The summed E-state index contributed by atoms with van der Waals surface area (Å²) < 4.78 is 29.5. The standard InChI is InChI=1S/C18H32F2N2/c1-13(2)9-21-10-17(11-21)5-6-22(12-18(17,19)20)16-7-15(8-16)14(3)4/h13-16H,5-12H2,1-4H3. The predicted molar refractivity (Wildman–Crippen MR) is 86.2 cm³/mol. The second-order valence-corrected chi connectivity index (χ2v) is 8.90. The van der Waals surface area contributed by atoms with Gasteiger partial charge in [0.25, 0.3) is 5.92 Å². The van der Waals surface area contributed by atoms with Crippen LogP contribution in [0.15, 0.2) is 0 Å². The Bertz CT molecular complexity index is 396. The van der Waals surface area contributed by atoms with E-state index in [-0.39, 0.29) is 6.54 Å². The quantitative estimate of drug-likeness (QED) is 0.780. The van der Waals surface area contributed by atoms with Crippen LogP contribution in [0, 0.1) is 23.2 Å². The molecule has 0 aromatic heterocycles. The topological polar surface area (TPSA) is 6.48 Å². The minimum atomic E-state index is -2.51. The molecule has 1 aliphatic carbocycles. The SMILES string of the molecule is CC(C)CN1CC2(CCN(C3CC(C(C)C)C3)CC2(F)F)C1. The number of alkyl halides is 2. The second-order valence-electron chi connectivity index (χ2n) is 8.90. The Morgan fingerprint density at radius 2 is 1.68 bits per heavy atom. The van der Waals surface area contributed by atoms with E-state index in [1.54, 1.807) is 0 Å². The summed E-state index contributed by atoms with van der Waals surface area (Å²) >= 11 is 0. The maximum atomic E-state index is 14.8. The van der Waals surface area contributed by atoms with Gasteiger partial charge in [0.2, 0.25) is 0 Å². The van der Waals surface area contributed by atoms with Crippen molar-refractivity contribution in [1.82, 2.24) is 9.80 Å². The molecule has 0 unspecified atom stereocenters. The van der Waals surface area contributed by atoms with Crippen molar-refractivity contribution in [3.63, 3.8) is 0 Å². The van der Waals surface area contributed by atoms with Gasteiger partial charge in [0, 0.05) is 25.7 Å². The van der Waals surface area contributed by atoms with E-state index in [2.05, 4.69) is 37.5 Å². The molecule has 0 aromatic rings. The van der Waals surface area contributed by atoms with Crippen molar-refractivity contribution in [1.29, 1.82) is 0 Å². The summed E-state index contributed by atoms with van der Waals surface area (Å²) in [6.07, 6.45) is 2.93. The first-order valence-corrected chi connectivity index (χ1v) is 9.07. The van der Waals surface area contributed by atoms with Gasteiger partial charge in [0.05, 0.1) is 12.0 Å². The maximum Gasteiger partial charge on any atom is 0.268 e. The van der Waals surface area contributed by atoms with E-state index in [1.165, 1.54) is 0 Å². The number of likely N-dealkylation sites (tertiary alicyclic amines) is 2. The van der Waals surface area contributed by atoms with E-state index >= 15 is 0 Å². The molecule has 0 N–H and O–H groups in total. The van der Waals surface area contributed by atoms with E-state index in [0.29, 0.717) is 37.4 Å². The molecule has 1 saturated carbocycles. The first-order valence-electron chi connectivity index (χ1n) is 9.07. The van der Waals surface area contributed by atoms with Crippen molar-refractivity contribution in [2.75, 3.05) is 32.7 Å². The normalized spacial score (nSPS) is 34.9. The van der Waals surface area contributed by atoms with E-state index in [0.717, 1.165) is 31.8 Å². The van der Waals surface area contributed by atoms with E-state index in [1.807, 2.05) is 0 Å². The van der Waals surface area contributed by atoms with Crippen molar-refractivity contribution >= 4 is 0 Å². The van der Waals surface area contributed by atoms with Crippen LogP contribution in [0.5, 0.6) is 0 Å². The molecule has 128 valence electrons. The number of piperidine rings is 1. The molecule has 3 aliphatic rings. The fourth-order valence-corrected chi connectivity index (χ4v) is 4.67. The molecule has 0 amide bonds. The Morgan fingerprint density at radius 1 is 1.05 bits per heavy atom. The van der Waals surface area contributed by atoms with E-state index < -0.39 is 11.3 Å². The first kappa shape index (κ1) is 16.6. The van der Waals surface area contributed by atoms with Gasteiger partial charge in [0.15, 0.2) is 0 Å². The van der Waals surface area contributed by atoms with Crippen LogP contribution in [0.1, 0.15) is 47.0 Å². The number of nitrogens with zero attached hydrogens (tertiary/aromatic N) is 2. The molecule has 0 atom stereocenters. The van der Waals surface area contributed by atoms with Crippen LogP contribution < -0.4 is 0 Å². The summed E-state index contributed by atoms with van der Waals surface area (Å²) in [6.45, 7) is 11.9. The lowest BCUT2D eigenvalue weighted by Gasteiger charge is -2.59. The first-order chi connectivity index (χ1) is 10.2. The zero-order valence-corrected chi connectivity index (χ0v) is 14.6. The van der Waals surface area contributed by atoms with Crippen LogP contribution >= 0.6 is 0 Å². The van der Waals surface area contributed by atoms with Gasteiger partial charge in [-0.25, -0.2) is 8.78 Å². The molecular formula is C18H32F2N2. The summed E-state index contributed by atoms with van der Waals surface area (Å²) in [4.78, 5) is 4.31. The smallest absolute Gasteiger partial charge is 0.268 e. The van der Waals surface area contributed by atoms with E-state index in [9.17, 15) is 8.78 Å².